The van der Waals surface area contributed by atoms with Gasteiger partial charge in [0.15, 0.2) is 0 Å². The zero-order chi connectivity index (χ0) is 21.2. The zero-order valence-electron chi connectivity index (χ0n) is 16.9. The van der Waals surface area contributed by atoms with Gasteiger partial charge in [-0.05, 0) is 43.2 Å². The average Bonchev–Trinajstić information content (AvgIpc) is 3.34. The third-order valence-corrected chi connectivity index (χ3v) is 6.00. The molecule has 0 atom stereocenters. The summed E-state index contributed by atoms with van der Waals surface area (Å²) in [4.78, 5) is 24.5. The Balaban J connectivity index is 1.58. The molecule has 0 spiro atoms. The van der Waals surface area contributed by atoms with Crippen molar-refractivity contribution in [1.29, 1.82) is 0 Å². The summed E-state index contributed by atoms with van der Waals surface area (Å²) in [6.45, 7) is 1.62. The van der Waals surface area contributed by atoms with E-state index in [4.69, 9.17) is 9.97 Å². The molecule has 0 aliphatic carbocycles. The summed E-state index contributed by atoms with van der Waals surface area (Å²) < 4.78 is 0.975. The van der Waals surface area contributed by atoms with Gasteiger partial charge in [0.25, 0.3) is 5.91 Å². The van der Waals surface area contributed by atoms with Crippen molar-refractivity contribution in [1.82, 2.24) is 14.9 Å². The monoisotopic (exact) mass is 472 g/mol. The zero-order valence-corrected chi connectivity index (χ0v) is 18.5. The smallest absolute Gasteiger partial charge is 0.255 e. The first-order valence-electron chi connectivity index (χ1n) is 10.4. The third kappa shape index (κ3) is 4.03. The van der Waals surface area contributed by atoms with Crippen LogP contribution in [0.15, 0.2) is 77.3 Å². The van der Waals surface area contributed by atoms with Crippen molar-refractivity contribution < 1.29 is 4.79 Å². The molecule has 1 fully saturated rings. The van der Waals surface area contributed by atoms with Crippen LogP contribution in [0.2, 0.25) is 0 Å². The molecule has 1 aliphatic rings. The Morgan fingerprint density at radius 3 is 2.45 bits per heavy atom. The lowest BCUT2D eigenvalue weighted by atomic mass is 10.1. The minimum absolute atomic E-state index is 0.0496. The molecular weight excluding hydrogens is 452 g/mol. The van der Waals surface area contributed by atoms with Crippen LogP contribution < -0.4 is 5.32 Å². The van der Waals surface area contributed by atoms with Gasteiger partial charge in [0.1, 0.15) is 0 Å². The fourth-order valence-corrected chi connectivity index (χ4v) is 4.32. The number of halogens is 1. The van der Waals surface area contributed by atoms with Gasteiger partial charge in [-0.3, -0.25) is 4.79 Å². The van der Waals surface area contributed by atoms with Crippen molar-refractivity contribution in [3.63, 3.8) is 0 Å². The molecule has 2 heterocycles. The highest BCUT2D eigenvalue weighted by Crippen LogP contribution is 2.31. The second-order valence-electron chi connectivity index (χ2n) is 7.59. The summed E-state index contributed by atoms with van der Waals surface area (Å²) in [6.07, 6.45) is 2.12. The van der Waals surface area contributed by atoms with Gasteiger partial charge in [-0.2, -0.15) is 0 Å². The molecule has 0 radical (unpaired) electrons. The Labute approximate surface area is 189 Å². The van der Waals surface area contributed by atoms with E-state index in [2.05, 4.69) is 21.2 Å². The Bertz CT molecular complexity index is 1250. The number of rotatable bonds is 4. The first-order valence-corrected chi connectivity index (χ1v) is 11.2. The van der Waals surface area contributed by atoms with Gasteiger partial charge >= 0.3 is 0 Å². The SMILES string of the molecule is O=C(c1ccccc1Nc1nc(-c2ccccc2)c2cc(Br)ccc2n1)N1CCCC1. The molecule has 6 heteroatoms. The highest BCUT2D eigenvalue weighted by atomic mass is 79.9. The number of likely N-dealkylation sites (tertiary alicyclic amines) is 1. The van der Waals surface area contributed by atoms with Crippen LogP contribution in [0.1, 0.15) is 23.2 Å². The van der Waals surface area contributed by atoms with Gasteiger partial charge in [-0.1, -0.05) is 58.4 Å². The van der Waals surface area contributed by atoms with Crippen LogP contribution in [0.3, 0.4) is 0 Å². The predicted octanol–water partition coefficient (Wildman–Crippen LogP) is 6.04. The Morgan fingerprint density at radius 1 is 0.903 bits per heavy atom. The van der Waals surface area contributed by atoms with Gasteiger partial charge in [-0.15, -0.1) is 0 Å². The maximum atomic E-state index is 13.0. The predicted molar refractivity (Wildman–Crippen MR) is 128 cm³/mol. The minimum atomic E-state index is 0.0496. The van der Waals surface area contributed by atoms with E-state index in [1.165, 1.54) is 0 Å². The lowest BCUT2D eigenvalue weighted by molar-refractivity contribution is 0.0794. The van der Waals surface area contributed by atoms with Crippen LogP contribution in [-0.4, -0.2) is 33.9 Å². The van der Waals surface area contributed by atoms with Crippen molar-refractivity contribution in [2.24, 2.45) is 0 Å². The largest absolute Gasteiger partial charge is 0.339 e. The number of hydrogen-bond acceptors (Lipinski definition) is 4. The first kappa shape index (κ1) is 19.7. The van der Waals surface area contributed by atoms with Gasteiger partial charge in [-0.25, -0.2) is 9.97 Å². The quantitative estimate of drug-likeness (QED) is 0.393. The van der Waals surface area contributed by atoms with E-state index >= 15 is 0 Å². The summed E-state index contributed by atoms with van der Waals surface area (Å²) in [7, 11) is 0. The van der Waals surface area contributed by atoms with Crippen molar-refractivity contribution in [3.8, 4) is 11.3 Å². The number of para-hydroxylation sites is 1. The highest BCUT2D eigenvalue weighted by molar-refractivity contribution is 9.10. The van der Waals surface area contributed by atoms with Crippen LogP contribution in [0.5, 0.6) is 0 Å². The summed E-state index contributed by atoms with van der Waals surface area (Å²) in [5.41, 5.74) is 4.05. The third-order valence-electron chi connectivity index (χ3n) is 5.50. The first-order chi connectivity index (χ1) is 15.2. The normalized spacial score (nSPS) is 13.5. The van der Waals surface area contributed by atoms with E-state index in [1.54, 1.807) is 0 Å². The molecule has 0 saturated carbocycles. The maximum absolute atomic E-state index is 13.0. The number of nitrogens with zero attached hydrogens (tertiary/aromatic N) is 3. The standard InChI is InChI=1S/C25H21BrN4O/c26-18-12-13-22-20(16-18)23(17-8-2-1-3-9-17)29-25(28-22)27-21-11-5-4-10-19(21)24(31)30-14-6-7-15-30/h1-5,8-13,16H,6-7,14-15H2,(H,27,28,29). The molecule has 31 heavy (non-hydrogen) atoms. The summed E-state index contributed by atoms with van der Waals surface area (Å²) in [6, 6.07) is 23.6. The second kappa shape index (κ2) is 8.47. The Hall–Kier alpha value is -3.25. The summed E-state index contributed by atoms with van der Waals surface area (Å²) >= 11 is 3.56. The molecule has 1 saturated heterocycles. The Kier molecular flexibility index (Phi) is 5.38. The van der Waals surface area contributed by atoms with Crippen molar-refractivity contribution >= 4 is 44.4 Å². The number of carbonyl (C=O) groups is 1. The van der Waals surface area contributed by atoms with Gasteiger partial charge < -0.3 is 10.2 Å². The molecular formula is C25H21BrN4O. The van der Waals surface area contributed by atoms with Crippen LogP contribution in [0.4, 0.5) is 11.6 Å². The molecule has 154 valence electrons. The molecule has 4 aromatic rings. The van der Waals surface area contributed by atoms with E-state index in [0.29, 0.717) is 11.5 Å². The molecule has 1 aliphatic heterocycles. The van der Waals surface area contributed by atoms with Crippen molar-refractivity contribution in [2.45, 2.75) is 12.8 Å². The number of carbonyl (C=O) groups excluding carboxylic acids is 1. The van der Waals surface area contributed by atoms with E-state index < -0.39 is 0 Å². The van der Waals surface area contributed by atoms with Gasteiger partial charge in [0.05, 0.1) is 22.5 Å². The number of amides is 1. The number of aromatic nitrogens is 2. The van der Waals surface area contributed by atoms with E-state index in [0.717, 1.165) is 58.3 Å². The molecule has 5 rings (SSSR count). The van der Waals surface area contributed by atoms with E-state index in [9.17, 15) is 4.79 Å². The van der Waals surface area contributed by atoms with Crippen LogP contribution in [-0.2, 0) is 0 Å². The number of hydrogen-bond donors (Lipinski definition) is 1. The fourth-order valence-electron chi connectivity index (χ4n) is 3.96. The molecule has 1 aromatic heterocycles. The van der Waals surface area contributed by atoms with E-state index in [1.807, 2.05) is 77.7 Å². The highest BCUT2D eigenvalue weighted by Gasteiger charge is 2.22. The fraction of sp³-hybridized carbons (Fsp3) is 0.160. The van der Waals surface area contributed by atoms with Gasteiger partial charge in [0, 0.05) is 28.5 Å². The number of fused-ring (bicyclic) bond motifs is 1. The molecule has 1 N–H and O–H groups in total. The summed E-state index contributed by atoms with van der Waals surface area (Å²) in [5, 5.41) is 4.28. The maximum Gasteiger partial charge on any atom is 0.255 e. The minimum Gasteiger partial charge on any atom is -0.339 e. The number of nitrogens with one attached hydrogen (secondary N) is 1. The van der Waals surface area contributed by atoms with Crippen molar-refractivity contribution in [2.75, 3.05) is 18.4 Å². The molecule has 0 bridgehead atoms. The molecule has 1 amide bonds. The lowest BCUT2D eigenvalue weighted by Gasteiger charge is -2.18. The number of benzene rings is 3. The molecule has 5 nitrogen and oxygen atoms in total. The average molecular weight is 473 g/mol. The van der Waals surface area contributed by atoms with Crippen LogP contribution in [0, 0.1) is 0 Å². The topological polar surface area (TPSA) is 58.1 Å². The Morgan fingerprint density at radius 2 is 1.65 bits per heavy atom. The second-order valence-corrected chi connectivity index (χ2v) is 8.51. The van der Waals surface area contributed by atoms with Crippen LogP contribution >= 0.6 is 15.9 Å². The van der Waals surface area contributed by atoms with Gasteiger partial charge in [0.2, 0.25) is 5.95 Å². The van der Waals surface area contributed by atoms with E-state index in [-0.39, 0.29) is 5.91 Å². The van der Waals surface area contributed by atoms with Crippen molar-refractivity contribution in [3.05, 3.63) is 82.8 Å². The molecule has 0 unspecified atom stereocenters. The number of anilines is 2. The summed E-state index contributed by atoms with van der Waals surface area (Å²) in [5.74, 6) is 0.518. The molecule has 3 aromatic carbocycles. The van der Waals surface area contributed by atoms with Crippen LogP contribution in [0.25, 0.3) is 22.2 Å². The lowest BCUT2D eigenvalue weighted by Crippen LogP contribution is -2.28.